The number of carbonyl (C=O) groups excluding carboxylic acids is 1. The number of halogens is 2. The van der Waals surface area contributed by atoms with Gasteiger partial charge in [0.2, 0.25) is 0 Å². The Balaban J connectivity index is 2.90. The van der Waals surface area contributed by atoms with E-state index in [-0.39, 0.29) is 12.2 Å². The summed E-state index contributed by atoms with van der Waals surface area (Å²) < 4.78 is 30.0. The minimum atomic E-state index is -1.41. The number of rotatable bonds is 4. The topological polar surface area (TPSA) is 46.5 Å². The molecule has 0 bridgehead atoms. The molecule has 1 aromatic rings. The molecule has 1 atom stereocenters. The Morgan fingerprint density at radius 2 is 1.93 bits per heavy atom. The molecule has 1 rings (SSSR count). The van der Waals surface area contributed by atoms with Crippen LogP contribution in [-0.4, -0.2) is 30.7 Å². The van der Waals surface area contributed by atoms with Gasteiger partial charge in [0.1, 0.15) is 17.7 Å². The summed E-state index contributed by atoms with van der Waals surface area (Å²) in [6.07, 6.45) is -1.41. The van der Waals surface area contributed by atoms with E-state index in [0.29, 0.717) is 6.07 Å². The Bertz CT molecular complexity index is 345. The monoisotopic (exact) mass is 216 g/mol. The first-order valence-electron chi connectivity index (χ1n) is 4.22. The van der Waals surface area contributed by atoms with Crippen LogP contribution in [0.3, 0.4) is 0 Å². The zero-order chi connectivity index (χ0) is 11.4. The van der Waals surface area contributed by atoms with Gasteiger partial charge in [-0.15, -0.1) is 0 Å². The van der Waals surface area contributed by atoms with Crippen LogP contribution in [-0.2, 0) is 4.74 Å². The Hall–Kier alpha value is -1.33. The normalized spacial score (nSPS) is 12.5. The molecule has 0 heterocycles. The van der Waals surface area contributed by atoms with Crippen molar-refractivity contribution in [3.05, 3.63) is 35.4 Å². The highest BCUT2D eigenvalue weighted by Crippen LogP contribution is 2.10. The summed E-state index contributed by atoms with van der Waals surface area (Å²) in [5.41, 5.74) is -0.211. The quantitative estimate of drug-likeness (QED) is 0.768. The van der Waals surface area contributed by atoms with E-state index in [1.807, 2.05) is 0 Å². The van der Waals surface area contributed by atoms with Gasteiger partial charge < -0.3 is 9.84 Å². The van der Waals surface area contributed by atoms with E-state index in [2.05, 4.69) is 4.74 Å². The maximum absolute atomic E-state index is 12.7. The second-order valence-corrected chi connectivity index (χ2v) is 2.99. The van der Waals surface area contributed by atoms with Crippen LogP contribution in [0.15, 0.2) is 18.2 Å². The van der Waals surface area contributed by atoms with E-state index in [0.717, 1.165) is 12.1 Å². The van der Waals surface area contributed by atoms with Crippen molar-refractivity contribution in [1.82, 2.24) is 0 Å². The number of ether oxygens (including phenoxy) is 1. The maximum atomic E-state index is 12.7. The summed E-state index contributed by atoms with van der Waals surface area (Å²) in [5, 5.41) is 9.23. The van der Waals surface area contributed by atoms with Gasteiger partial charge in [0.15, 0.2) is 5.78 Å². The summed E-state index contributed by atoms with van der Waals surface area (Å²) in [6, 6.07) is 2.38. The Labute approximate surface area is 85.3 Å². The highest BCUT2D eigenvalue weighted by atomic mass is 19.1. The van der Waals surface area contributed by atoms with Crippen LogP contribution < -0.4 is 0 Å². The number of hydrogen-bond donors (Lipinski definition) is 1. The van der Waals surface area contributed by atoms with Crippen molar-refractivity contribution in [2.24, 2.45) is 0 Å². The third kappa shape index (κ3) is 3.07. The van der Waals surface area contributed by atoms with E-state index in [1.165, 1.54) is 7.11 Å². The molecular weight excluding hydrogens is 206 g/mol. The largest absolute Gasteiger partial charge is 0.382 e. The molecule has 1 aromatic carbocycles. The summed E-state index contributed by atoms with van der Waals surface area (Å²) >= 11 is 0. The van der Waals surface area contributed by atoms with Crippen LogP contribution in [0.1, 0.15) is 10.4 Å². The van der Waals surface area contributed by atoms with E-state index >= 15 is 0 Å². The number of aliphatic hydroxyl groups excluding tert-OH is 1. The number of carbonyl (C=O) groups is 1. The standard InChI is InChI=1S/C10H10F2O3/c1-15-5-9(13)10(14)6-2-7(11)4-8(12)3-6/h2-4,9,13H,5H2,1H3/t9-/m1/s1. The van der Waals surface area contributed by atoms with Crippen LogP contribution in [0.25, 0.3) is 0 Å². The molecule has 0 aliphatic rings. The molecule has 3 nitrogen and oxygen atoms in total. The Morgan fingerprint density at radius 1 is 1.40 bits per heavy atom. The number of Topliss-reactive ketones (excluding diaryl/α,β-unsaturated/α-hetero) is 1. The fourth-order valence-corrected chi connectivity index (χ4v) is 1.12. The lowest BCUT2D eigenvalue weighted by atomic mass is 10.1. The van der Waals surface area contributed by atoms with Crippen LogP contribution in [0, 0.1) is 11.6 Å². The molecule has 0 amide bonds. The molecule has 0 aromatic heterocycles. The molecule has 0 unspecified atom stereocenters. The average molecular weight is 216 g/mol. The zero-order valence-electron chi connectivity index (χ0n) is 8.04. The van der Waals surface area contributed by atoms with Gasteiger partial charge in [-0.05, 0) is 12.1 Å². The van der Waals surface area contributed by atoms with Gasteiger partial charge in [-0.1, -0.05) is 0 Å². The number of aliphatic hydroxyl groups is 1. The smallest absolute Gasteiger partial charge is 0.193 e. The number of benzene rings is 1. The molecule has 0 aliphatic carbocycles. The van der Waals surface area contributed by atoms with E-state index in [9.17, 15) is 18.7 Å². The molecule has 0 saturated heterocycles. The third-order valence-electron chi connectivity index (χ3n) is 1.77. The summed E-state index contributed by atoms with van der Waals surface area (Å²) in [4.78, 5) is 11.4. The van der Waals surface area contributed by atoms with E-state index < -0.39 is 23.5 Å². The van der Waals surface area contributed by atoms with Gasteiger partial charge in [-0.3, -0.25) is 4.79 Å². The highest BCUT2D eigenvalue weighted by Gasteiger charge is 2.18. The van der Waals surface area contributed by atoms with Crippen molar-refractivity contribution in [1.29, 1.82) is 0 Å². The predicted octanol–water partition coefficient (Wildman–Crippen LogP) is 1.15. The molecule has 0 radical (unpaired) electrons. The van der Waals surface area contributed by atoms with Crippen LogP contribution in [0.2, 0.25) is 0 Å². The number of methoxy groups -OCH3 is 1. The Kier molecular flexibility index (Phi) is 3.88. The molecular formula is C10H10F2O3. The molecule has 0 aliphatic heterocycles. The Morgan fingerprint density at radius 3 is 2.40 bits per heavy atom. The predicted molar refractivity (Wildman–Crippen MR) is 48.6 cm³/mol. The second kappa shape index (κ2) is 4.95. The van der Waals surface area contributed by atoms with Gasteiger partial charge in [-0.2, -0.15) is 0 Å². The fourth-order valence-electron chi connectivity index (χ4n) is 1.12. The van der Waals surface area contributed by atoms with Crippen LogP contribution in [0.5, 0.6) is 0 Å². The number of ketones is 1. The molecule has 0 fully saturated rings. The fraction of sp³-hybridized carbons (Fsp3) is 0.300. The lowest BCUT2D eigenvalue weighted by Crippen LogP contribution is -2.25. The highest BCUT2D eigenvalue weighted by molar-refractivity contribution is 5.99. The zero-order valence-corrected chi connectivity index (χ0v) is 8.04. The lowest BCUT2D eigenvalue weighted by molar-refractivity contribution is 0.0475. The first kappa shape index (κ1) is 11.7. The second-order valence-electron chi connectivity index (χ2n) is 2.99. The minimum absolute atomic E-state index is 0.211. The summed E-state index contributed by atoms with van der Waals surface area (Å²) in [7, 11) is 1.31. The third-order valence-corrected chi connectivity index (χ3v) is 1.77. The molecule has 5 heteroatoms. The molecule has 0 saturated carbocycles. The van der Waals surface area contributed by atoms with Gasteiger partial charge in [0.05, 0.1) is 6.61 Å². The van der Waals surface area contributed by atoms with Gasteiger partial charge in [0.25, 0.3) is 0 Å². The van der Waals surface area contributed by atoms with Gasteiger partial charge >= 0.3 is 0 Å². The van der Waals surface area contributed by atoms with Crippen molar-refractivity contribution < 1.29 is 23.4 Å². The van der Waals surface area contributed by atoms with Crippen LogP contribution >= 0.6 is 0 Å². The van der Waals surface area contributed by atoms with Crippen molar-refractivity contribution in [2.45, 2.75) is 6.10 Å². The first-order chi connectivity index (χ1) is 7.04. The minimum Gasteiger partial charge on any atom is -0.382 e. The SMILES string of the molecule is COC[C@@H](O)C(=O)c1cc(F)cc(F)c1. The maximum Gasteiger partial charge on any atom is 0.193 e. The molecule has 0 spiro atoms. The van der Waals surface area contributed by atoms with Crippen molar-refractivity contribution in [3.8, 4) is 0 Å². The summed E-state index contributed by atoms with van der Waals surface area (Å²) in [5.74, 6) is -2.49. The first-order valence-corrected chi connectivity index (χ1v) is 4.22. The van der Waals surface area contributed by atoms with Gasteiger partial charge in [0, 0.05) is 18.7 Å². The van der Waals surface area contributed by atoms with Crippen molar-refractivity contribution >= 4 is 5.78 Å². The average Bonchev–Trinajstić information content (AvgIpc) is 2.15. The van der Waals surface area contributed by atoms with Crippen LogP contribution in [0.4, 0.5) is 8.78 Å². The van der Waals surface area contributed by atoms with E-state index in [1.54, 1.807) is 0 Å². The molecule has 1 N–H and O–H groups in total. The van der Waals surface area contributed by atoms with Gasteiger partial charge in [-0.25, -0.2) is 8.78 Å². The molecule has 15 heavy (non-hydrogen) atoms. The number of hydrogen-bond acceptors (Lipinski definition) is 3. The molecule has 82 valence electrons. The van der Waals surface area contributed by atoms with Crippen molar-refractivity contribution in [2.75, 3.05) is 13.7 Å². The lowest BCUT2D eigenvalue weighted by Gasteiger charge is -2.08. The summed E-state index contributed by atoms with van der Waals surface area (Å²) in [6.45, 7) is -0.211. The van der Waals surface area contributed by atoms with E-state index in [4.69, 9.17) is 0 Å². The van der Waals surface area contributed by atoms with Crippen molar-refractivity contribution in [3.63, 3.8) is 0 Å².